The third-order valence-electron chi connectivity index (χ3n) is 5.35. The summed E-state index contributed by atoms with van der Waals surface area (Å²) in [5.74, 6) is 1.84. The van der Waals surface area contributed by atoms with Gasteiger partial charge in [-0.05, 0) is 67.8 Å². The van der Waals surface area contributed by atoms with Gasteiger partial charge < -0.3 is 14.6 Å². The SMILES string of the molecule is COc1ccc(-c2noc(CCCC(=O)Nc3ccc(SC4CCCC4)cc3)n2)cc1. The zero-order valence-electron chi connectivity index (χ0n) is 17.7. The Bertz CT molecular complexity index is 980. The first-order valence-electron chi connectivity index (χ1n) is 10.7. The minimum Gasteiger partial charge on any atom is -0.497 e. The van der Waals surface area contributed by atoms with E-state index < -0.39 is 0 Å². The van der Waals surface area contributed by atoms with Crippen LogP contribution in [-0.4, -0.2) is 28.4 Å². The molecule has 31 heavy (non-hydrogen) atoms. The fourth-order valence-corrected chi connectivity index (χ4v) is 4.90. The van der Waals surface area contributed by atoms with Crippen molar-refractivity contribution >= 4 is 23.4 Å². The van der Waals surface area contributed by atoms with Crippen LogP contribution >= 0.6 is 11.8 Å². The van der Waals surface area contributed by atoms with E-state index in [-0.39, 0.29) is 5.91 Å². The highest BCUT2D eigenvalue weighted by Gasteiger charge is 2.16. The summed E-state index contributed by atoms with van der Waals surface area (Å²) in [4.78, 5) is 17.9. The molecule has 0 atom stereocenters. The Morgan fingerprint density at radius 1 is 1.13 bits per heavy atom. The number of anilines is 1. The van der Waals surface area contributed by atoms with E-state index in [4.69, 9.17) is 9.26 Å². The molecule has 0 spiro atoms. The van der Waals surface area contributed by atoms with Gasteiger partial charge in [0.1, 0.15) is 5.75 Å². The number of hydrogen-bond donors (Lipinski definition) is 1. The summed E-state index contributed by atoms with van der Waals surface area (Å²) in [5.41, 5.74) is 1.70. The number of aryl methyl sites for hydroxylation is 1. The number of rotatable bonds is 9. The Morgan fingerprint density at radius 2 is 1.87 bits per heavy atom. The third-order valence-corrected chi connectivity index (χ3v) is 6.70. The number of hydrogen-bond acceptors (Lipinski definition) is 6. The number of carbonyl (C=O) groups is 1. The Kier molecular flexibility index (Phi) is 7.25. The van der Waals surface area contributed by atoms with Crippen molar-refractivity contribution in [1.82, 2.24) is 10.1 Å². The van der Waals surface area contributed by atoms with Gasteiger partial charge in [0.15, 0.2) is 0 Å². The van der Waals surface area contributed by atoms with Crippen LogP contribution in [0.2, 0.25) is 0 Å². The summed E-state index contributed by atoms with van der Waals surface area (Å²) < 4.78 is 10.5. The van der Waals surface area contributed by atoms with E-state index >= 15 is 0 Å². The van der Waals surface area contributed by atoms with Gasteiger partial charge in [0.25, 0.3) is 0 Å². The number of carbonyl (C=O) groups excluding carboxylic acids is 1. The molecule has 1 saturated carbocycles. The maximum atomic E-state index is 12.3. The molecule has 7 heteroatoms. The minimum atomic E-state index is -0.00825. The number of aromatic nitrogens is 2. The van der Waals surface area contributed by atoms with Gasteiger partial charge >= 0.3 is 0 Å². The quantitative estimate of drug-likeness (QED) is 0.460. The molecule has 1 N–H and O–H groups in total. The first kappa shape index (κ1) is 21.4. The smallest absolute Gasteiger partial charge is 0.226 e. The standard InChI is InChI=1S/C24H27N3O3S/c1-29-19-13-9-17(10-14-19)24-26-23(30-27-24)8-4-7-22(28)25-18-11-15-21(16-12-18)31-20-5-2-3-6-20/h9-16,20H,2-8H2,1H3,(H,25,28). The summed E-state index contributed by atoms with van der Waals surface area (Å²) >= 11 is 1.95. The van der Waals surface area contributed by atoms with Crippen molar-refractivity contribution < 1.29 is 14.1 Å². The molecule has 1 amide bonds. The number of benzene rings is 2. The summed E-state index contributed by atoms with van der Waals surface area (Å²) in [6.45, 7) is 0. The predicted octanol–water partition coefficient (Wildman–Crippen LogP) is 5.74. The van der Waals surface area contributed by atoms with Crippen LogP contribution in [0, 0.1) is 0 Å². The minimum absolute atomic E-state index is 0.00825. The molecule has 0 radical (unpaired) electrons. The van der Waals surface area contributed by atoms with Gasteiger partial charge in [-0.25, -0.2) is 0 Å². The summed E-state index contributed by atoms with van der Waals surface area (Å²) in [7, 11) is 1.63. The molecule has 0 unspecified atom stereocenters. The first-order chi connectivity index (χ1) is 15.2. The predicted molar refractivity (Wildman–Crippen MR) is 122 cm³/mol. The third kappa shape index (κ3) is 6.10. The molecule has 2 aromatic carbocycles. The van der Waals surface area contributed by atoms with Crippen LogP contribution < -0.4 is 10.1 Å². The molecule has 1 aliphatic rings. The van der Waals surface area contributed by atoms with Crippen LogP contribution in [0.15, 0.2) is 57.9 Å². The lowest BCUT2D eigenvalue weighted by atomic mass is 10.2. The topological polar surface area (TPSA) is 77.2 Å². The van der Waals surface area contributed by atoms with Gasteiger partial charge in [-0.3, -0.25) is 4.79 Å². The fourth-order valence-electron chi connectivity index (χ4n) is 3.65. The van der Waals surface area contributed by atoms with Crippen molar-refractivity contribution in [2.24, 2.45) is 0 Å². The largest absolute Gasteiger partial charge is 0.497 e. The van der Waals surface area contributed by atoms with Gasteiger partial charge in [-0.2, -0.15) is 4.98 Å². The Hall–Kier alpha value is -2.80. The van der Waals surface area contributed by atoms with E-state index in [0.717, 1.165) is 22.3 Å². The van der Waals surface area contributed by atoms with Crippen molar-refractivity contribution in [2.45, 2.75) is 55.1 Å². The Morgan fingerprint density at radius 3 is 2.58 bits per heavy atom. The van der Waals surface area contributed by atoms with Crippen molar-refractivity contribution in [3.05, 3.63) is 54.4 Å². The zero-order chi connectivity index (χ0) is 21.5. The molecule has 4 rings (SSSR count). The second-order valence-corrected chi connectivity index (χ2v) is 9.06. The lowest BCUT2D eigenvalue weighted by molar-refractivity contribution is -0.116. The zero-order valence-corrected chi connectivity index (χ0v) is 18.5. The van der Waals surface area contributed by atoms with Crippen LogP contribution in [0.5, 0.6) is 5.75 Å². The molecule has 1 aromatic heterocycles. The highest BCUT2D eigenvalue weighted by molar-refractivity contribution is 8.00. The number of ether oxygens (including phenoxy) is 1. The monoisotopic (exact) mass is 437 g/mol. The second kappa shape index (κ2) is 10.5. The van der Waals surface area contributed by atoms with E-state index in [1.54, 1.807) is 7.11 Å². The summed E-state index contributed by atoms with van der Waals surface area (Å²) in [5, 5.41) is 7.73. The number of amides is 1. The highest BCUT2D eigenvalue weighted by atomic mass is 32.2. The van der Waals surface area contributed by atoms with Crippen LogP contribution in [-0.2, 0) is 11.2 Å². The molecule has 0 bridgehead atoms. The number of nitrogens with one attached hydrogen (secondary N) is 1. The normalized spacial score (nSPS) is 14.0. The van der Waals surface area contributed by atoms with Gasteiger partial charge in [-0.1, -0.05) is 18.0 Å². The van der Waals surface area contributed by atoms with Crippen molar-refractivity contribution in [2.75, 3.05) is 12.4 Å². The maximum Gasteiger partial charge on any atom is 0.226 e. The molecular weight excluding hydrogens is 410 g/mol. The Labute approximate surface area is 186 Å². The van der Waals surface area contributed by atoms with E-state index in [1.165, 1.54) is 30.6 Å². The second-order valence-electron chi connectivity index (χ2n) is 7.69. The molecule has 1 heterocycles. The fraction of sp³-hybridized carbons (Fsp3) is 0.375. The van der Waals surface area contributed by atoms with Crippen molar-refractivity contribution in [3.63, 3.8) is 0 Å². The lowest BCUT2D eigenvalue weighted by Gasteiger charge is -2.10. The van der Waals surface area contributed by atoms with E-state index in [0.29, 0.717) is 31.0 Å². The summed E-state index contributed by atoms with van der Waals surface area (Å²) in [6, 6.07) is 15.6. The van der Waals surface area contributed by atoms with Gasteiger partial charge in [0.05, 0.1) is 7.11 Å². The lowest BCUT2D eigenvalue weighted by Crippen LogP contribution is -2.11. The van der Waals surface area contributed by atoms with Crippen molar-refractivity contribution in [3.8, 4) is 17.1 Å². The molecule has 3 aromatic rings. The summed E-state index contributed by atoms with van der Waals surface area (Å²) in [6.07, 6.45) is 6.92. The number of methoxy groups -OCH3 is 1. The molecule has 0 aliphatic heterocycles. The van der Waals surface area contributed by atoms with E-state index in [9.17, 15) is 4.79 Å². The van der Waals surface area contributed by atoms with Gasteiger partial charge in [-0.15, -0.1) is 11.8 Å². The molecule has 0 saturated heterocycles. The molecule has 6 nitrogen and oxygen atoms in total. The molecular formula is C24H27N3O3S. The highest BCUT2D eigenvalue weighted by Crippen LogP contribution is 2.35. The van der Waals surface area contributed by atoms with Crippen LogP contribution in [0.1, 0.15) is 44.4 Å². The average Bonchev–Trinajstić information content (AvgIpc) is 3.48. The van der Waals surface area contributed by atoms with E-state index in [2.05, 4.69) is 27.6 Å². The van der Waals surface area contributed by atoms with Crippen LogP contribution in [0.3, 0.4) is 0 Å². The number of thioether (sulfide) groups is 1. The molecule has 1 fully saturated rings. The Balaban J connectivity index is 1.21. The average molecular weight is 438 g/mol. The molecule has 162 valence electrons. The molecule has 1 aliphatic carbocycles. The van der Waals surface area contributed by atoms with Gasteiger partial charge in [0.2, 0.25) is 17.6 Å². The van der Waals surface area contributed by atoms with Crippen molar-refractivity contribution in [1.29, 1.82) is 0 Å². The van der Waals surface area contributed by atoms with Crippen LogP contribution in [0.25, 0.3) is 11.4 Å². The van der Waals surface area contributed by atoms with Gasteiger partial charge in [0, 0.05) is 34.2 Å². The first-order valence-corrected chi connectivity index (χ1v) is 11.6. The van der Waals surface area contributed by atoms with E-state index in [1.807, 2.05) is 48.2 Å². The van der Waals surface area contributed by atoms with Crippen LogP contribution in [0.4, 0.5) is 5.69 Å². The maximum absolute atomic E-state index is 12.3. The number of nitrogens with zero attached hydrogens (tertiary/aromatic N) is 2.